The Kier molecular flexibility index (Phi) is 5.97. The van der Waals surface area contributed by atoms with E-state index in [0.29, 0.717) is 22.5 Å². The van der Waals surface area contributed by atoms with Crippen LogP contribution in [-0.4, -0.2) is 37.9 Å². The topological polar surface area (TPSA) is 51.0 Å². The van der Waals surface area contributed by atoms with Gasteiger partial charge >= 0.3 is 0 Å². The maximum Gasteiger partial charge on any atom is 0.233 e. The Labute approximate surface area is 196 Å². The highest BCUT2D eigenvalue weighted by Gasteiger charge is 2.22. The maximum absolute atomic E-state index is 13.0. The summed E-state index contributed by atoms with van der Waals surface area (Å²) in [5.74, 6) is 1.15. The summed E-state index contributed by atoms with van der Waals surface area (Å²) >= 11 is 7.51. The molecule has 0 saturated carbocycles. The number of rotatable bonds is 5. The first-order chi connectivity index (χ1) is 15.7. The van der Waals surface area contributed by atoms with Crippen molar-refractivity contribution >= 4 is 29.3 Å². The van der Waals surface area contributed by atoms with E-state index in [1.54, 1.807) is 0 Å². The second-order valence-corrected chi connectivity index (χ2v) is 8.99. The van der Waals surface area contributed by atoms with Crippen molar-refractivity contribution in [3.63, 3.8) is 0 Å². The zero-order chi connectivity index (χ0) is 21.9. The summed E-state index contributed by atoms with van der Waals surface area (Å²) in [6.45, 7) is 1.41. The molecule has 0 radical (unpaired) electrons. The van der Waals surface area contributed by atoms with Crippen LogP contribution in [0.2, 0.25) is 5.02 Å². The molecule has 0 aliphatic carbocycles. The van der Waals surface area contributed by atoms with Gasteiger partial charge in [0.25, 0.3) is 0 Å². The summed E-state index contributed by atoms with van der Waals surface area (Å²) in [7, 11) is 0. The molecule has 0 saturated heterocycles. The van der Waals surface area contributed by atoms with E-state index < -0.39 is 0 Å². The largest absolute Gasteiger partial charge is 0.337 e. The van der Waals surface area contributed by atoms with Crippen LogP contribution in [0.5, 0.6) is 0 Å². The fraction of sp³-hybridized carbons (Fsp3) is 0.160. The summed E-state index contributed by atoms with van der Waals surface area (Å²) in [4.78, 5) is 14.9. The molecule has 2 heterocycles. The van der Waals surface area contributed by atoms with E-state index in [-0.39, 0.29) is 5.91 Å². The summed E-state index contributed by atoms with van der Waals surface area (Å²) in [5, 5.41) is 10.2. The van der Waals surface area contributed by atoms with Crippen molar-refractivity contribution in [3.8, 4) is 17.1 Å². The molecule has 3 aromatic carbocycles. The number of benzene rings is 3. The number of amides is 1. The van der Waals surface area contributed by atoms with Gasteiger partial charge in [0.15, 0.2) is 11.0 Å². The lowest BCUT2D eigenvalue weighted by molar-refractivity contribution is -0.129. The van der Waals surface area contributed by atoms with Gasteiger partial charge < -0.3 is 4.90 Å². The summed E-state index contributed by atoms with van der Waals surface area (Å²) in [6, 6.07) is 25.8. The Morgan fingerprint density at radius 2 is 1.62 bits per heavy atom. The van der Waals surface area contributed by atoms with Crippen molar-refractivity contribution in [2.45, 2.75) is 18.1 Å². The predicted octanol–water partition coefficient (Wildman–Crippen LogP) is 5.26. The monoisotopic (exact) mass is 460 g/mol. The lowest BCUT2D eigenvalue weighted by atomic mass is 10.00. The lowest BCUT2D eigenvalue weighted by Gasteiger charge is -2.28. The number of nitrogens with zero attached hydrogens (tertiary/aromatic N) is 4. The molecule has 160 valence electrons. The molecule has 5 nitrogen and oxygen atoms in total. The number of halogens is 1. The van der Waals surface area contributed by atoms with E-state index in [2.05, 4.69) is 28.4 Å². The van der Waals surface area contributed by atoms with E-state index in [1.165, 1.54) is 22.9 Å². The maximum atomic E-state index is 13.0. The van der Waals surface area contributed by atoms with Crippen LogP contribution >= 0.6 is 23.4 Å². The first kappa shape index (κ1) is 20.8. The lowest BCUT2D eigenvalue weighted by Crippen LogP contribution is -2.37. The molecule has 0 atom stereocenters. The minimum atomic E-state index is 0.108. The van der Waals surface area contributed by atoms with Gasteiger partial charge in [0.2, 0.25) is 5.91 Å². The van der Waals surface area contributed by atoms with Gasteiger partial charge in [0, 0.05) is 29.4 Å². The van der Waals surface area contributed by atoms with Crippen LogP contribution in [0.3, 0.4) is 0 Å². The van der Waals surface area contributed by atoms with Gasteiger partial charge in [-0.05, 0) is 41.8 Å². The summed E-state index contributed by atoms with van der Waals surface area (Å²) in [6.07, 6.45) is 0.895. The highest BCUT2D eigenvalue weighted by Crippen LogP contribution is 2.29. The number of thioether (sulfide) groups is 1. The number of hydrogen-bond acceptors (Lipinski definition) is 4. The third-order valence-electron chi connectivity index (χ3n) is 5.56. The second-order valence-electron chi connectivity index (χ2n) is 7.61. The molecule has 0 fully saturated rings. The number of fused-ring (bicyclic) bond motifs is 1. The number of aromatic nitrogens is 3. The summed E-state index contributed by atoms with van der Waals surface area (Å²) < 4.78 is 1.98. The van der Waals surface area contributed by atoms with E-state index in [4.69, 9.17) is 11.6 Å². The molecular weight excluding hydrogens is 440 g/mol. The minimum absolute atomic E-state index is 0.108. The SMILES string of the molecule is O=C(CSc1nnc(-c2ccccc2)n1-c1ccc(Cl)cc1)N1CCc2ccccc2C1. The Morgan fingerprint density at radius 1 is 0.906 bits per heavy atom. The summed E-state index contributed by atoms with van der Waals surface area (Å²) in [5.41, 5.74) is 4.42. The predicted molar refractivity (Wildman–Crippen MR) is 128 cm³/mol. The molecule has 1 aliphatic rings. The van der Waals surface area contributed by atoms with Crippen molar-refractivity contribution in [1.82, 2.24) is 19.7 Å². The highest BCUT2D eigenvalue weighted by molar-refractivity contribution is 7.99. The van der Waals surface area contributed by atoms with Crippen molar-refractivity contribution in [3.05, 3.63) is 95.0 Å². The Morgan fingerprint density at radius 3 is 2.41 bits per heavy atom. The normalized spacial score (nSPS) is 13.1. The van der Waals surface area contributed by atoms with Crippen LogP contribution in [0.25, 0.3) is 17.1 Å². The van der Waals surface area contributed by atoms with Crippen molar-refractivity contribution in [2.75, 3.05) is 12.3 Å². The first-order valence-corrected chi connectivity index (χ1v) is 11.8. The fourth-order valence-electron chi connectivity index (χ4n) is 3.89. The molecule has 1 aliphatic heterocycles. The number of carbonyl (C=O) groups excluding carboxylic acids is 1. The number of carbonyl (C=O) groups is 1. The highest BCUT2D eigenvalue weighted by atomic mass is 35.5. The molecule has 7 heteroatoms. The quantitative estimate of drug-likeness (QED) is 0.381. The molecule has 1 amide bonds. The van der Waals surface area contributed by atoms with Crippen molar-refractivity contribution in [2.24, 2.45) is 0 Å². The second kappa shape index (κ2) is 9.18. The van der Waals surface area contributed by atoms with E-state index in [0.717, 1.165) is 30.0 Å². The molecule has 4 aromatic rings. The smallest absolute Gasteiger partial charge is 0.233 e. The molecule has 1 aromatic heterocycles. The van der Waals surface area contributed by atoms with Crippen LogP contribution in [0, 0.1) is 0 Å². The molecule has 0 N–H and O–H groups in total. The van der Waals surface area contributed by atoms with Gasteiger partial charge in [-0.3, -0.25) is 9.36 Å². The average Bonchev–Trinajstić information content (AvgIpc) is 3.27. The Hall–Kier alpha value is -3.09. The first-order valence-electron chi connectivity index (χ1n) is 10.4. The van der Waals surface area contributed by atoms with Gasteiger partial charge in [-0.15, -0.1) is 10.2 Å². The Balaban J connectivity index is 1.38. The van der Waals surface area contributed by atoms with Gasteiger partial charge in [0.05, 0.1) is 5.75 Å². The standard InChI is InChI=1S/C25H21ClN4OS/c26-21-10-12-22(13-11-21)30-24(19-7-2-1-3-8-19)27-28-25(30)32-17-23(31)29-15-14-18-6-4-5-9-20(18)16-29/h1-13H,14-17H2. The Bertz CT molecular complexity index is 1240. The zero-order valence-corrected chi connectivity index (χ0v) is 18.9. The number of hydrogen-bond donors (Lipinski definition) is 0. The van der Waals surface area contributed by atoms with E-state index in [1.807, 2.05) is 70.1 Å². The fourth-order valence-corrected chi connectivity index (χ4v) is 4.87. The van der Waals surface area contributed by atoms with Gasteiger partial charge in [-0.25, -0.2) is 0 Å². The van der Waals surface area contributed by atoms with E-state index in [9.17, 15) is 4.79 Å². The average molecular weight is 461 g/mol. The van der Waals surface area contributed by atoms with Gasteiger partial charge in [-0.2, -0.15) is 0 Å². The van der Waals surface area contributed by atoms with Gasteiger partial charge in [0.1, 0.15) is 0 Å². The van der Waals surface area contributed by atoms with Crippen LogP contribution in [-0.2, 0) is 17.8 Å². The van der Waals surface area contributed by atoms with Crippen molar-refractivity contribution in [1.29, 1.82) is 0 Å². The molecule has 5 rings (SSSR count). The molecule has 0 bridgehead atoms. The molecule has 0 spiro atoms. The zero-order valence-electron chi connectivity index (χ0n) is 17.3. The third kappa shape index (κ3) is 4.29. The minimum Gasteiger partial charge on any atom is -0.337 e. The van der Waals surface area contributed by atoms with Crippen LogP contribution in [0.15, 0.2) is 84.0 Å². The van der Waals surface area contributed by atoms with Crippen LogP contribution < -0.4 is 0 Å². The van der Waals surface area contributed by atoms with Gasteiger partial charge in [-0.1, -0.05) is 78.0 Å². The van der Waals surface area contributed by atoms with E-state index >= 15 is 0 Å². The molecular formula is C25H21ClN4OS. The molecule has 0 unspecified atom stereocenters. The third-order valence-corrected chi connectivity index (χ3v) is 6.72. The molecule has 32 heavy (non-hydrogen) atoms. The van der Waals surface area contributed by atoms with Crippen molar-refractivity contribution < 1.29 is 4.79 Å². The van der Waals surface area contributed by atoms with Crippen LogP contribution in [0.4, 0.5) is 0 Å². The van der Waals surface area contributed by atoms with Crippen LogP contribution in [0.1, 0.15) is 11.1 Å².